The summed E-state index contributed by atoms with van der Waals surface area (Å²) < 4.78 is 0. The molecule has 4 bridgehead atoms. The summed E-state index contributed by atoms with van der Waals surface area (Å²) in [7, 11) is 0. The number of nitrogens with two attached hydrogens (primary N) is 1. The number of rotatable bonds is 8. The number of para-hydroxylation sites is 2. The van der Waals surface area contributed by atoms with E-state index in [-0.39, 0.29) is 29.4 Å². The van der Waals surface area contributed by atoms with E-state index < -0.39 is 0 Å². The third kappa shape index (κ3) is 5.18. The Morgan fingerprint density at radius 1 is 0.864 bits per heavy atom. The fourth-order valence-electron chi connectivity index (χ4n) is 9.73. The fraction of sp³-hybridized carbons (Fsp3) is 0.611. The monoisotopic (exact) mass is 599 g/mol. The zero-order chi connectivity index (χ0) is 30.6. The number of fused-ring (bicyclic) bond motifs is 1. The molecular weight excluding hydrogens is 550 g/mol. The molecule has 6 aliphatic rings. The van der Waals surface area contributed by atoms with Gasteiger partial charge in [0.05, 0.1) is 18.0 Å². The first-order chi connectivity index (χ1) is 21.2. The number of nitrogens with zero attached hydrogens (tertiary/aromatic N) is 4. The minimum atomic E-state index is -0.267. The third-order valence-electron chi connectivity index (χ3n) is 12.0. The van der Waals surface area contributed by atoms with Crippen molar-refractivity contribution in [2.75, 3.05) is 60.6 Å². The van der Waals surface area contributed by atoms with Crippen molar-refractivity contribution in [1.82, 2.24) is 4.90 Å². The minimum absolute atomic E-state index is 0.0863. The lowest BCUT2D eigenvalue weighted by Crippen LogP contribution is -2.56. The zero-order valence-electron chi connectivity index (χ0n) is 26.5. The van der Waals surface area contributed by atoms with Gasteiger partial charge in [-0.05, 0) is 112 Å². The van der Waals surface area contributed by atoms with Crippen LogP contribution < -0.4 is 20.4 Å². The zero-order valence-corrected chi connectivity index (χ0v) is 26.5. The van der Waals surface area contributed by atoms with Crippen LogP contribution in [0.4, 0.5) is 22.7 Å². The second-order valence-corrected chi connectivity index (χ2v) is 15.0. The van der Waals surface area contributed by atoms with Gasteiger partial charge in [0.1, 0.15) is 0 Å². The molecule has 4 aliphatic carbocycles. The van der Waals surface area contributed by atoms with E-state index in [4.69, 9.17) is 5.73 Å². The molecule has 2 aliphatic heterocycles. The number of hydrogen-bond acceptors (Lipinski definition) is 6. The van der Waals surface area contributed by atoms with E-state index >= 15 is 0 Å². The Morgan fingerprint density at radius 3 is 2.14 bits per heavy atom. The highest BCUT2D eigenvalue weighted by molar-refractivity contribution is 5.99. The summed E-state index contributed by atoms with van der Waals surface area (Å²) in [5, 5.41) is 9.75. The summed E-state index contributed by atoms with van der Waals surface area (Å²) in [6, 6.07) is 17.2. The quantitative estimate of drug-likeness (QED) is 0.454. The lowest BCUT2D eigenvalue weighted by molar-refractivity contribution is -0.150. The Morgan fingerprint density at radius 2 is 1.50 bits per heavy atom. The van der Waals surface area contributed by atoms with E-state index in [1.54, 1.807) is 0 Å². The van der Waals surface area contributed by atoms with Crippen LogP contribution >= 0.6 is 0 Å². The number of aliphatic hydroxyl groups is 1. The van der Waals surface area contributed by atoms with E-state index in [1.165, 1.54) is 18.5 Å². The predicted molar refractivity (Wildman–Crippen MR) is 175 cm³/mol. The molecule has 44 heavy (non-hydrogen) atoms. The highest BCUT2D eigenvalue weighted by Gasteiger charge is 2.57. The van der Waals surface area contributed by atoms with Crippen LogP contribution in [0.3, 0.4) is 0 Å². The van der Waals surface area contributed by atoms with Crippen molar-refractivity contribution < 1.29 is 14.7 Å². The number of piperazine rings is 1. The molecule has 0 spiro atoms. The van der Waals surface area contributed by atoms with Gasteiger partial charge in [-0.2, -0.15) is 0 Å². The summed E-state index contributed by atoms with van der Waals surface area (Å²) in [6.45, 7) is 9.58. The Hall–Kier alpha value is -3.10. The van der Waals surface area contributed by atoms with Gasteiger partial charge in [0.25, 0.3) is 0 Å². The molecule has 2 heterocycles. The summed E-state index contributed by atoms with van der Waals surface area (Å²) in [5.41, 5.74) is 9.90. The summed E-state index contributed by atoms with van der Waals surface area (Å²) in [6.07, 6.45) is 6.78. The van der Waals surface area contributed by atoms with E-state index in [0.29, 0.717) is 36.6 Å². The summed E-state index contributed by atoms with van der Waals surface area (Å²) in [4.78, 5) is 35.3. The van der Waals surface area contributed by atoms with Gasteiger partial charge < -0.3 is 25.5 Å². The molecule has 2 unspecified atom stereocenters. The Balaban J connectivity index is 0.996. The minimum Gasteiger partial charge on any atom is -0.394 e. The van der Waals surface area contributed by atoms with Crippen molar-refractivity contribution in [3.8, 4) is 0 Å². The molecule has 3 N–H and O–H groups in total. The Bertz CT molecular complexity index is 1370. The number of benzene rings is 2. The predicted octanol–water partition coefficient (Wildman–Crippen LogP) is 4.77. The van der Waals surface area contributed by atoms with Gasteiger partial charge in [0.2, 0.25) is 11.8 Å². The molecule has 2 aromatic carbocycles. The van der Waals surface area contributed by atoms with Crippen LogP contribution in [0.1, 0.15) is 58.8 Å². The number of primary amides is 1. The molecule has 2 aromatic rings. The third-order valence-corrected chi connectivity index (χ3v) is 12.0. The van der Waals surface area contributed by atoms with Gasteiger partial charge in [-0.1, -0.05) is 12.1 Å². The van der Waals surface area contributed by atoms with E-state index in [1.807, 2.05) is 11.0 Å². The molecule has 2 atom stereocenters. The number of amides is 2. The average Bonchev–Trinajstić information content (AvgIpc) is 3.03. The van der Waals surface area contributed by atoms with E-state index in [0.717, 1.165) is 75.5 Å². The molecule has 8 heteroatoms. The lowest BCUT2D eigenvalue weighted by atomic mass is 9.45. The van der Waals surface area contributed by atoms with Crippen molar-refractivity contribution in [1.29, 1.82) is 0 Å². The maximum Gasteiger partial charge on any atom is 0.227 e. The number of anilines is 4. The van der Waals surface area contributed by atoms with Crippen molar-refractivity contribution in [2.24, 2.45) is 34.8 Å². The lowest BCUT2D eigenvalue weighted by Gasteiger charge is -2.59. The summed E-state index contributed by atoms with van der Waals surface area (Å²) in [5.74, 6) is 2.42. The van der Waals surface area contributed by atoms with Gasteiger partial charge in [0, 0.05) is 68.0 Å². The molecule has 0 radical (unpaired) electrons. The smallest absolute Gasteiger partial charge is 0.227 e. The van der Waals surface area contributed by atoms with Crippen LogP contribution in [-0.4, -0.2) is 73.2 Å². The topological polar surface area (TPSA) is 93.3 Å². The Kier molecular flexibility index (Phi) is 7.64. The van der Waals surface area contributed by atoms with Crippen LogP contribution in [-0.2, 0) is 9.59 Å². The number of carbonyl (C=O) groups excluding carboxylic acids is 2. The second kappa shape index (κ2) is 11.4. The van der Waals surface area contributed by atoms with Gasteiger partial charge in [-0.3, -0.25) is 14.5 Å². The molecule has 5 fully saturated rings. The number of aliphatic hydroxyl groups excluding tert-OH is 1. The molecule has 236 valence electrons. The second-order valence-electron chi connectivity index (χ2n) is 15.0. The van der Waals surface area contributed by atoms with Crippen LogP contribution in [0.5, 0.6) is 0 Å². The average molecular weight is 600 g/mol. The molecule has 4 saturated carbocycles. The highest BCUT2D eigenvalue weighted by atomic mass is 16.3. The SMILES string of the molecule is CC(C)(CO)N1CCN(c2ccc(N3CCN(C(=O)CCC4C5CC6CC4CC(C(N)=O)(C6)C5)c4ccccc43)cc2)CC1. The highest BCUT2D eigenvalue weighted by Crippen LogP contribution is 2.63. The van der Waals surface area contributed by atoms with Gasteiger partial charge in [-0.15, -0.1) is 0 Å². The Labute approximate surface area is 262 Å². The first kappa shape index (κ1) is 29.6. The van der Waals surface area contributed by atoms with Crippen LogP contribution in [0.15, 0.2) is 48.5 Å². The van der Waals surface area contributed by atoms with E-state index in [9.17, 15) is 14.7 Å². The first-order valence-corrected chi connectivity index (χ1v) is 16.9. The van der Waals surface area contributed by atoms with Gasteiger partial charge in [-0.25, -0.2) is 0 Å². The normalized spacial score (nSPS) is 30.0. The molecule has 8 nitrogen and oxygen atoms in total. The maximum atomic E-state index is 13.7. The van der Waals surface area contributed by atoms with Crippen molar-refractivity contribution >= 4 is 34.6 Å². The first-order valence-electron chi connectivity index (χ1n) is 16.9. The van der Waals surface area contributed by atoms with Crippen molar-refractivity contribution in [3.05, 3.63) is 48.5 Å². The number of carbonyl (C=O) groups is 2. The largest absolute Gasteiger partial charge is 0.394 e. The molecular formula is C36H49N5O3. The molecule has 1 saturated heterocycles. The molecule has 0 aromatic heterocycles. The molecule has 8 rings (SSSR count). The number of hydrogen-bond donors (Lipinski definition) is 2. The van der Waals surface area contributed by atoms with Crippen molar-refractivity contribution in [2.45, 2.75) is 64.3 Å². The van der Waals surface area contributed by atoms with E-state index in [2.05, 4.69) is 71.0 Å². The van der Waals surface area contributed by atoms with Crippen LogP contribution in [0.25, 0.3) is 0 Å². The standard InChI is InChI=1S/C36H49N5O3/c1-35(2,24-42)39-15-13-38(14-16-39)28-7-9-29(10-8-28)40-17-18-41(32-6-4-3-5-31(32)40)33(43)12-11-30-26-19-25-20-27(30)23-36(21-25,22-26)34(37)44/h3-10,25-27,30,42H,11-24H2,1-2H3,(H2,37,44). The maximum absolute atomic E-state index is 13.7. The van der Waals surface area contributed by atoms with Crippen LogP contribution in [0, 0.1) is 29.1 Å². The van der Waals surface area contributed by atoms with Gasteiger partial charge >= 0.3 is 0 Å². The fourth-order valence-corrected chi connectivity index (χ4v) is 9.73. The summed E-state index contributed by atoms with van der Waals surface area (Å²) >= 11 is 0. The van der Waals surface area contributed by atoms with Crippen LogP contribution in [0.2, 0.25) is 0 Å². The molecule has 2 amide bonds. The van der Waals surface area contributed by atoms with Crippen molar-refractivity contribution in [3.63, 3.8) is 0 Å². The van der Waals surface area contributed by atoms with Gasteiger partial charge in [0.15, 0.2) is 0 Å².